The van der Waals surface area contributed by atoms with Crippen LogP contribution in [0.15, 0.2) is 12.1 Å². The van der Waals surface area contributed by atoms with Gasteiger partial charge in [0.15, 0.2) is 11.6 Å². The summed E-state index contributed by atoms with van der Waals surface area (Å²) in [6, 6.07) is 3.06. The molecule has 0 amide bonds. The third kappa shape index (κ3) is 2.02. The second-order valence-electron chi connectivity index (χ2n) is 3.98. The largest absolute Gasteiger partial charge is 0.310 e. The number of aryl methyl sites for hydroxylation is 1. The van der Waals surface area contributed by atoms with E-state index >= 15 is 0 Å². The molecule has 0 bridgehead atoms. The van der Waals surface area contributed by atoms with Gasteiger partial charge in [-0.15, -0.1) is 0 Å². The first-order valence-corrected chi connectivity index (χ1v) is 5.43. The molecule has 0 radical (unpaired) electrons. The molecule has 0 aromatic heterocycles. The van der Waals surface area contributed by atoms with Gasteiger partial charge in [0.05, 0.1) is 0 Å². The predicted molar refractivity (Wildman–Crippen MR) is 55.7 cm³/mol. The highest BCUT2D eigenvalue weighted by molar-refractivity contribution is 5.29. The molecule has 1 atom stereocenters. The highest BCUT2D eigenvalue weighted by Gasteiger charge is 2.22. The normalized spacial score (nSPS) is 20.9. The quantitative estimate of drug-likeness (QED) is 0.793. The summed E-state index contributed by atoms with van der Waals surface area (Å²) in [4.78, 5) is 0. The average Bonchev–Trinajstić information content (AvgIpc) is 2.75. The maximum atomic E-state index is 13.6. The van der Waals surface area contributed by atoms with Crippen molar-refractivity contribution in [3.8, 4) is 0 Å². The molecule has 15 heavy (non-hydrogen) atoms. The van der Waals surface area contributed by atoms with Crippen LogP contribution >= 0.6 is 0 Å². The van der Waals surface area contributed by atoms with Crippen molar-refractivity contribution in [1.82, 2.24) is 5.32 Å². The lowest BCUT2D eigenvalue weighted by Gasteiger charge is -2.13. The van der Waals surface area contributed by atoms with Crippen LogP contribution in [-0.2, 0) is 6.42 Å². The Hall–Kier alpha value is -0.960. The van der Waals surface area contributed by atoms with E-state index in [4.69, 9.17) is 0 Å². The molecule has 1 fully saturated rings. The fourth-order valence-corrected chi connectivity index (χ4v) is 2.08. The SMILES string of the molecule is CCc1cc(F)c(F)c(C2CCCN2)c1. The van der Waals surface area contributed by atoms with E-state index in [1.54, 1.807) is 6.07 Å². The van der Waals surface area contributed by atoms with Crippen LogP contribution in [0.25, 0.3) is 0 Å². The number of benzene rings is 1. The van der Waals surface area contributed by atoms with E-state index in [2.05, 4.69) is 5.32 Å². The van der Waals surface area contributed by atoms with Crippen LogP contribution in [0.4, 0.5) is 8.78 Å². The molecular weight excluding hydrogens is 196 g/mol. The minimum atomic E-state index is -0.724. The monoisotopic (exact) mass is 211 g/mol. The minimum Gasteiger partial charge on any atom is -0.310 e. The smallest absolute Gasteiger partial charge is 0.163 e. The summed E-state index contributed by atoms with van der Waals surface area (Å²) in [5, 5.41) is 3.19. The van der Waals surface area contributed by atoms with Crippen LogP contribution < -0.4 is 5.32 Å². The molecule has 1 aliphatic heterocycles. The van der Waals surface area contributed by atoms with Gasteiger partial charge in [-0.3, -0.25) is 0 Å². The first kappa shape index (κ1) is 10.6. The lowest BCUT2D eigenvalue weighted by Crippen LogP contribution is -2.15. The van der Waals surface area contributed by atoms with Crippen LogP contribution in [0, 0.1) is 11.6 Å². The maximum Gasteiger partial charge on any atom is 0.163 e. The zero-order valence-corrected chi connectivity index (χ0v) is 8.82. The molecule has 1 unspecified atom stereocenters. The molecule has 82 valence electrons. The van der Waals surface area contributed by atoms with Gasteiger partial charge in [-0.1, -0.05) is 13.0 Å². The summed E-state index contributed by atoms with van der Waals surface area (Å²) in [5.41, 5.74) is 1.35. The summed E-state index contributed by atoms with van der Waals surface area (Å²) in [6.07, 6.45) is 2.66. The Morgan fingerprint density at radius 3 is 2.80 bits per heavy atom. The van der Waals surface area contributed by atoms with Crippen molar-refractivity contribution in [2.45, 2.75) is 32.2 Å². The highest BCUT2D eigenvalue weighted by Crippen LogP contribution is 2.27. The molecule has 1 nitrogen and oxygen atoms in total. The molecule has 1 aromatic carbocycles. The van der Waals surface area contributed by atoms with Gasteiger partial charge in [-0.25, -0.2) is 8.78 Å². The lowest BCUT2D eigenvalue weighted by atomic mass is 10.0. The van der Waals surface area contributed by atoms with Crippen molar-refractivity contribution in [3.05, 3.63) is 34.9 Å². The number of hydrogen-bond donors (Lipinski definition) is 1. The van der Waals surface area contributed by atoms with E-state index in [-0.39, 0.29) is 6.04 Å². The fraction of sp³-hybridized carbons (Fsp3) is 0.500. The number of halogens is 2. The van der Waals surface area contributed by atoms with E-state index in [1.807, 2.05) is 6.92 Å². The van der Waals surface area contributed by atoms with Gasteiger partial charge in [0.2, 0.25) is 0 Å². The fourth-order valence-electron chi connectivity index (χ4n) is 2.08. The average molecular weight is 211 g/mol. The van der Waals surface area contributed by atoms with Gasteiger partial charge >= 0.3 is 0 Å². The van der Waals surface area contributed by atoms with Crippen molar-refractivity contribution in [2.75, 3.05) is 6.54 Å². The van der Waals surface area contributed by atoms with Crippen molar-refractivity contribution in [1.29, 1.82) is 0 Å². The second kappa shape index (κ2) is 4.27. The molecular formula is C12H15F2N. The van der Waals surface area contributed by atoms with Crippen molar-refractivity contribution in [2.24, 2.45) is 0 Å². The van der Waals surface area contributed by atoms with E-state index in [0.29, 0.717) is 5.56 Å². The van der Waals surface area contributed by atoms with Crippen LogP contribution in [0.1, 0.15) is 36.9 Å². The first-order chi connectivity index (χ1) is 7.22. The van der Waals surface area contributed by atoms with Crippen LogP contribution in [-0.4, -0.2) is 6.54 Å². The van der Waals surface area contributed by atoms with Gasteiger partial charge < -0.3 is 5.32 Å². The summed E-state index contributed by atoms with van der Waals surface area (Å²) in [7, 11) is 0. The van der Waals surface area contributed by atoms with Gasteiger partial charge in [-0.2, -0.15) is 0 Å². The van der Waals surface area contributed by atoms with Gasteiger partial charge in [-0.05, 0) is 37.4 Å². The van der Waals surface area contributed by atoms with Gasteiger partial charge in [0, 0.05) is 11.6 Å². The Bertz CT molecular complexity index is 357. The Morgan fingerprint density at radius 1 is 1.40 bits per heavy atom. The van der Waals surface area contributed by atoms with Crippen molar-refractivity contribution in [3.63, 3.8) is 0 Å². The lowest BCUT2D eigenvalue weighted by molar-refractivity contribution is 0.479. The Balaban J connectivity index is 2.39. The Labute approximate surface area is 88.5 Å². The number of hydrogen-bond acceptors (Lipinski definition) is 1. The zero-order chi connectivity index (χ0) is 10.8. The maximum absolute atomic E-state index is 13.6. The Kier molecular flexibility index (Phi) is 3.00. The molecule has 0 spiro atoms. The first-order valence-electron chi connectivity index (χ1n) is 5.43. The van der Waals surface area contributed by atoms with E-state index in [9.17, 15) is 8.78 Å². The van der Waals surface area contributed by atoms with E-state index in [0.717, 1.165) is 31.4 Å². The Morgan fingerprint density at radius 2 is 2.20 bits per heavy atom. The third-order valence-electron chi connectivity index (χ3n) is 2.96. The summed E-state index contributed by atoms with van der Waals surface area (Å²) in [5.74, 6) is -1.41. The molecule has 0 aliphatic carbocycles. The van der Waals surface area contributed by atoms with Crippen molar-refractivity contribution < 1.29 is 8.78 Å². The zero-order valence-electron chi connectivity index (χ0n) is 8.82. The minimum absolute atomic E-state index is 0.00833. The molecule has 1 heterocycles. The molecule has 2 rings (SSSR count). The predicted octanol–water partition coefficient (Wildman–Crippen LogP) is 2.95. The van der Waals surface area contributed by atoms with Crippen LogP contribution in [0.3, 0.4) is 0 Å². The van der Waals surface area contributed by atoms with E-state index < -0.39 is 11.6 Å². The standard InChI is InChI=1S/C12H15F2N/c1-2-8-6-9(11-4-3-5-15-11)12(14)10(13)7-8/h6-7,11,15H,2-5H2,1H3. The summed E-state index contributed by atoms with van der Waals surface area (Å²) < 4.78 is 26.8. The van der Waals surface area contributed by atoms with Crippen LogP contribution in [0.2, 0.25) is 0 Å². The number of rotatable bonds is 2. The number of nitrogens with one attached hydrogen (secondary N) is 1. The second-order valence-corrected chi connectivity index (χ2v) is 3.98. The van der Waals surface area contributed by atoms with Gasteiger partial charge in [0.25, 0.3) is 0 Å². The molecule has 0 saturated carbocycles. The van der Waals surface area contributed by atoms with Gasteiger partial charge in [0.1, 0.15) is 0 Å². The molecule has 1 saturated heterocycles. The highest BCUT2D eigenvalue weighted by atomic mass is 19.2. The van der Waals surface area contributed by atoms with Crippen molar-refractivity contribution >= 4 is 0 Å². The topological polar surface area (TPSA) is 12.0 Å². The molecule has 3 heteroatoms. The third-order valence-corrected chi connectivity index (χ3v) is 2.96. The van der Waals surface area contributed by atoms with Crippen LogP contribution in [0.5, 0.6) is 0 Å². The molecule has 1 N–H and O–H groups in total. The molecule has 1 aliphatic rings. The summed E-state index contributed by atoms with van der Waals surface area (Å²) >= 11 is 0. The molecule has 1 aromatic rings. The van der Waals surface area contributed by atoms with E-state index in [1.165, 1.54) is 6.07 Å². The summed E-state index contributed by atoms with van der Waals surface area (Å²) in [6.45, 7) is 2.83.